The van der Waals surface area contributed by atoms with Crippen molar-refractivity contribution in [2.75, 3.05) is 10.6 Å². The average molecular weight is 844 g/mol. The van der Waals surface area contributed by atoms with Gasteiger partial charge >= 0.3 is 18.3 Å². The molecule has 5 heterocycles. The van der Waals surface area contributed by atoms with Crippen LogP contribution in [0.3, 0.4) is 0 Å². The number of carbonyl (C=O) groups excluding carboxylic acids is 2. The van der Waals surface area contributed by atoms with E-state index in [-0.39, 0.29) is 27.6 Å². The fourth-order valence-electron chi connectivity index (χ4n) is 6.04. The normalized spacial score (nSPS) is 11.5. The minimum absolute atomic E-state index is 0.00475. The summed E-state index contributed by atoms with van der Waals surface area (Å²) in [5.74, 6) is -1.59. The summed E-state index contributed by atoms with van der Waals surface area (Å²) in [5, 5.41) is 18.4. The quantitative estimate of drug-likeness (QED) is 0.0673. The summed E-state index contributed by atoms with van der Waals surface area (Å²) in [6.07, 6.45) is -3.24. The van der Waals surface area contributed by atoms with E-state index in [1.54, 1.807) is 30.6 Å². The first-order chi connectivity index (χ1) is 29.0. The van der Waals surface area contributed by atoms with Gasteiger partial charge < -0.3 is 35.3 Å². The molecule has 0 unspecified atom stereocenters. The molecular weight excluding hydrogens is 815 g/mol. The van der Waals surface area contributed by atoms with E-state index in [2.05, 4.69) is 30.6 Å². The van der Waals surface area contributed by atoms with Gasteiger partial charge in [-0.2, -0.15) is 31.1 Å². The van der Waals surface area contributed by atoms with Crippen LogP contribution in [0.2, 0.25) is 0 Å². The zero-order chi connectivity index (χ0) is 43.5. The van der Waals surface area contributed by atoms with Crippen molar-refractivity contribution in [2.24, 2.45) is 0 Å². The number of H-pyrrole nitrogens is 2. The highest BCUT2D eigenvalue weighted by Gasteiger charge is 2.36. The van der Waals surface area contributed by atoms with Gasteiger partial charge in [-0.3, -0.25) is 9.59 Å². The van der Waals surface area contributed by atoms with Crippen LogP contribution in [0.4, 0.5) is 42.1 Å². The minimum atomic E-state index is -4.84. The fourth-order valence-corrected chi connectivity index (χ4v) is 6.04. The van der Waals surface area contributed by atoms with Gasteiger partial charge in [0.2, 0.25) is 11.6 Å². The van der Waals surface area contributed by atoms with E-state index in [1.807, 2.05) is 0 Å². The van der Waals surface area contributed by atoms with Crippen molar-refractivity contribution in [3.05, 3.63) is 156 Å². The molecule has 61 heavy (non-hydrogen) atoms. The van der Waals surface area contributed by atoms with Crippen molar-refractivity contribution in [2.45, 2.75) is 19.3 Å². The second kappa shape index (κ2) is 16.7. The number of carbonyl (C=O) groups is 2. The van der Waals surface area contributed by atoms with Gasteiger partial charge in [0.1, 0.15) is 40.1 Å². The zero-order valence-electron chi connectivity index (χ0n) is 31.2. The molecular formula is C42H28F7N7O5. The Labute approximate surface area is 339 Å². The summed E-state index contributed by atoms with van der Waals surface area (Å²) in [7, 11) is 0. The minimum Gasteiger partial charge on any atom is -0.618 e. The summed E-state index contributed by atoms with van der Waals surface area (Å²) >= 11 is 0. The fraction of sp³-hybridized carbons (Fsp3) is 0.0714. The van der Waals surface area contributed by atoms with E-state index in [1.165, 1.54) is 60.9 Å². The van der Waals surface area contributed by atoms with Crippen LogP contribution in [-0.4, -0.2) is 31.8 Å². The summed E-state index contributed by atoms with van der Waals surface area (Å²) in [6, 6.07) is 21.9. The Kier molecular flexibility index (Phi) is 11.3. The molecule has 12 nitrogen and oxygen atoms in total. The van der Waals surface area contributed by atoms with Crippen molar-refractivity contribution in [3.63, 3.8) is 0 Å². The number of ether oxygens (including phenoxy) is 2. The van der Waals surface area contributed by atoms with Crippen LogP contribution in [-0.2, 0) is 17.1 Å². The Morgan fingerprint density at radius 1 is 0.672 bits per heavy atom. The first kappa shape index (κ1) is 41.2. The highest BCUT2D eigenvalue weighted by molar-refractivity contribution is 6.02. The number of nitrogens with one attached hydrogen (secondary N) is 4. The molecule has 0 fully saturated rings. The van der Waals surface area contributed by atoms with Gasteiger partial charge in [-0.25, -0.2) is 14.4 Å². The summed E-state index contributed by atoms with van der Waals surface area (Å²) < 4.78 is 106. The van der Waals surface area contributed by atoms with Gasteiger partial charge in [-0.1, -0.05) is 0 Å². The molecule has 0 saturated heterocycles. The van der Waals surface area contributed by atoms with E-state index >= 15 is 0 Å². The molecule has 3 aromatic carbocycles. The molecule has 19 heteroatoms. The number of pyridine rings is 3. The number of anilines is 2. The number of hydrogen-bond acceptors (Lipinski definition) is 7. The smallest absolute Gasteiger partial charge is 0.418 e. The van der Waals surface area contributed by atoms with Crippen LogP contribution in [0.15, 0.2) is 128 Å². The highest BCUT2D eigenvalue weighted by Crippen LogP contribution is 2.40. The van der Waals surface area contributed by atoms with E-state index in [9.17, 15) is 45.5 Å². The number of fused-ring (bicyclic) bond motifs is 2. The maximum Gasteiger partial charge on any atom is 0.418 e. The first-order valence-electron chi connectivity index (χ1n) is 17.7. The van der Waals surface area contributed by atoms with Gasteiger partial charge in [0.25, 0.3) is 5.69 Å². The molecule has 2 amide bonds. The van der Waals surface area contributed by atoms with Crippen LogP contribution in [0.5, 0.6) is 23.0 Å². The lowest BCUT2D eigenvalue weighted by Gasteiger charge is -2.16. The molecule has 5 aromatic heterocycles. The van der Waals surface area contributed by atoms with Crippen LogP contribution < -0.4 is 24.8 Å². The Hall–Kier alpha value is -7.96. The lowest BCUT2D eigenvalue weighted by Crippen LogP contribution is -2.39. The predicted molar refractivity (Wildman–Crippen MR) is 208 cm³/mol. The first-order valence-corrected chi connectivity index (χ1v) is 17.7. The second-order valence-electron chi connectivity index (χ2n) is 12.9. The highest BCUT2D eigenvalue weighted by atomic mass is 19.4. The van der Waals surface area contributed by atoms with Gasteiger partial charge in [0, 0.05) is 49.4 Å². The van der Waals surface area contributed by atoms with Gasteiger partial charge in [-0.05, 0) is 91.0 Å². The molecule has 0 saturated carbocycles. The topological polar surface area (TPSA) is 161 Å². The maximum absolute atomic E-state index is 13.9. The van der Waals surface area contributed by atoms with Crippen LogP contribution >= 0.6 is 0 Å². The van der Waals surface area contributed by atoms with Crippen molar-refractivity contribution in [3.8, 4) is 34.3 Å². The number of alkyl halides is 6. The van der Waals surface area contributed by atoms with Gasteiger partial charge in [0.05, 0.1) is 33.3 Å². The third kappa shape index (κ3) is 9.35. The third-order valence-corrected chi connectivity index (χ3v) is 8.77. The van der Waals surface area contributed by atoms with E-state index < -0.39 is 52.5 Å². The van der Waals surface area contributed by atoms with Crippen molar-refractivity contribution >= 4 is 45.3 Å². The summed E-state index contributed by atoms with van der Waals surface area (Å²) in [4.78, 5) is 37.9. The molecule has 0 aliphatic carbocycles. The molecule has 0 spiro atoms. The Morgan fingerprint density at radius 2 is 1.18 bits per heavy atom. The lowest BCUT2D eigenvalue weighted by molar-refractivity contribution is -0.595. The van der Waals surface area contributed by atoms with Gasteiger partial charge in [-0.15, -0.1) is 0 Å². The van der Waals surface area contributed by atoms with Crippen molar-refractivity contribution in [1.82, 2.24) is 19.9 Å². The van der Waals surface area contributed by atoms with Crippen LogP contribution in [0.1, 0.15) is 28.5 Å². The van der Waals surface area contributed by atoms with Crippen molar-refractivity contribution in [1.29, 1.82) is 0 Å². The molecule has 4 N–H and O–H groups in total. The van der Waals surface area contributed by atoms with E-state index in [4.69, 9.17) is 9.47 Å². The van der Waals surface area contributed by atoms with Crippen LogP contribution in [0.25, 0.3) is 33.3 Å². The number of rotatable bonds is 8. The number of halogens is 7. The molecule has 0 aliphatic heterocycles. The molecule has 0 radical (unpaired) electrons. The van der Waals surface area contributed by atoms with Crippen LogP contribution in [0, 0.1) is 11.0 Å². The Morgan fingerprint density at radius 3 is 1.67 bits per heavy atom. The molecule has 0 aliphatic rings. The van der Waals surface area contributed by atoms with E-state index in [0.717, 1.165) is 43.3 Å². The largest absolute Gasteiger partial charge is 0.618 e. The number of benzene rings is 3. The average Bonchev–Trinajstić information content (AvgIpc) is 3.90. The molecule has 8 aromatic rings. The molecule has 0 bridgehead atoms. The number of hydrogen-bond donors (Lipinski definition) is 4. The molecule has 310 valence electrons. The van der Waals surface area contributed by atoms with E-state index in [0.29, 0.717) is 39.1 Å². The predicted octanol–water partition coefficient (Wildman–Crippen LogP) is 10.4. The molecule has 8 rings (SSSR count). The van der Waals surface area contributed by atoms with Gasteiger partial charge in [0.15, 0.2) is 0 Å². The number of nitrogens with zero attached hydrogens (tertiary/aromatic N) is 3. The standard InChI is InChI=1S/C26H16F4N4O3.C16H12F3N3O2/c27-16-6-4-15(5-7-16)21-2-1-3-22(34(21)36)25(35)33-20-9-8-17(14-19(20)26(28,29)30)37-23-11-13-32-24-18(23)10-12-31-24;1-9(23)22-13-3-2-10(8-12(13)16(17,18)19)24-14-5-7-21-15-11(14)4-6-20-15/h1-14H,(H,31,32)(H,33,35);2-8H,1H3,(H,20,21)(H,22,23). The summed E-state index contributed by atoms with van der Waals surface area (Å²) in [6.45, 7) is 1.14. The van der Waals surface area contributed by atoms with Crippen molar-refractivity contribution < 1.29 is 54.5 Å². The SMILES string of the molecule is CC(=O)Nc1ccc(Oc2ccnc3[nH]ccc23)cc1C(F)(F)F.O=C(Nc1ccc(Oc2ccnc3[nH]ccc23)cc1C(F)(F)F)c1cccc(-c2ccc(F)cc2)[n+]1[O-]. The number of aromatic amines is 2. The Bertz CT molecular complexity index is 2890. The summed E-state index contributed by atoms with van der Waals surface area (Å²) in [5.41, 5.74) is -2.02. The third-order valence-electron chi connectivity index (χ3n) is 8.77. The second-order valence-corrected chi connectivity index (χ2v) is 12.9. The number of aromatic nitrogens is 5. The monoisotopic (exact) mass is 843 g/mol. The molecule has 0 atom stereocenters. The zero-order valence-corrected chi connectivity index (χ0v) is 31.2. The Balaban J connectivity index is 0.000000202. The number of amides is 2. The lowest BCUT2D eigenvalue weighted by atomic mass is 10.1. The maximum atomic E-state index is 13.9.